The summed E-state index contributed by atoms with van der Waals surface area (Å²) in [6, 6.07) is 11.2. The zero-order valence-electron chi connectivity index (χ0n) is 21.5. The van der Waals surface area contributed by atoms with Gasteiger partial charge >= 0.3 is 11.7 Å². The highest BCUT2D eigenvalue weighted by Crippen LogP contribution is 2.15. The first kappa shape index (κ1) is 28.8. The summed E-state index contributed by atoms with van der Waals surface area (Å²) in [4.78, 5) is 78.5. The predicted octanol–water partition coefficient (Wildman–Crippen LogP) is 0.449. The van der Waals surface area contributed by atoms with Crippen molar-refractivity contribution in [2.75, 3.05) is 0 Å². The molecule has 12 nitrogen and oxygen atoms in total. The maximum absolute atomic E-state index is 13.7. The molecule has 3 atom stereocenters. The van der Waals surface area contributed by atoms with Crippen molar-refractivity contribution in [2.24, 2.45) is 11.7 Å². The standard InChI is InChI=1S/C27H31N5O7/c1-15(2)22(24(35)29-19(26(37)38)12-13-21(28)33)31-23(34)20(14-16-8-4-3-5-9-16)32-25(36)17-10-6-7-11-18(17)30-27(32)39/h3-11,15,19-20,22H,12-14H2,1-2H3,(H2,28,33)(H,29,35)(H,30,39)(H,31,34)(H,37,38)/t19-,20+,22+/m1/s1. The fourth-order valence-corrected chi connectivity index (χ4v) is 4.19. The van der Waals surface area contributed by atoms with Gasteiger partial charge in [0.1, 0.15) is 18.1 Å². The SMILES string of the molecule is CC(C)[C@H](NC(=O)[C@H](Cc1ccccc1)n1c(=O)[nH]c2ccccc2c1=O)C(=O)N[C@H](CCC(N)=O)C(=O)O. The molecule has 2 aromatic carbocycles. The number of rotatable bonds is 12. The van der Waals surface area contributed by atoms with Gasteiger partial charge in [-0.05, 0) is 30.0 Å². The minimum Gasteiger partial charge on any atom is -0.480 e. The van der Waals surface area contributed by atoms with Crippen LogP contribution < -0.4 is 27.6 Å². The molecule has 12 heteroatoms. The van der Waals surface area contributed by atoms with Crippen molar-refractivity contribution in [2.45, 2.75) is 51.2 Å². The van der Waals surface area contributed by atoms with Crippen LogP contribution in [0.1, 0.15) is 38.3 Å². The number of para-hydroxylation sites is 1. The van der Waals surface area contributed by atoms with E-state index in [0.717, 1.165) is 4.57 Å². The number of nitrogens with two attached hydrogens (primary N) is 1. The Morgan fingerprint density at radius 3 is 2.21 bits per heavy atom. The number of amides is 3. The minimum atomic E-state index is -1.41. The highest BCUT2D eigenvalue weighted by atomic mass is 16.4. The summed E-state index contributed by atoms with van der Waals surface area (Å²) in [5, 5.41) is 14.6. The van der Waals surface area contributed by atoms with Gasteiger partial charge in [-0.25, -0.2) is 14.2 Å². The molecule has 0 aliphatic rings. The zero-order chi connectivity index (χ0) is 28.7. The van der Waals surface area contributed by atoms with Crippen LogP contribution in [0.15, 0.2) is 64.2 Å². The number of carboxylic acid groups (broad SMARTS) is 1. The van der Waals surface area contributed by atoms with E-state index < -0.39 is 59.0 Å². The monoisotopic (exact) mass is 537 g/mol. The maximum atomic E-state index is 13.7. The van der Waals surface area contributed by atoms with E-state index in [-0.39, 0.29) is 24.6 Å². The lowest BCUT2D eigenvalue weighted by molar-refractivity contribution is -0.142. The molecule has 0 saturated heterocycles. The number of carbonyl (C=O) groups excluding carboxylic acids is 3. The Morgan fingerprint density at radius 1 is 0.949 bits per heavy atom. The number of nitrogens with zero attached hydrogens (tertiary/aromatic N) is 1. The molecule has 1 heterocycles. The van der Waals surface area contributed by atoms with Crippen molar-refractivity contribution in [3.63, 3.8) is 0 Å². The minimum absolute atomic E-state index is 0.0310. The molecule has 0 unspecified atom stereocenters. The summed E-state index contributed by atoms with van der Waals surface area (Å²) in [6.07, 6.45) is -0.521. The van der Waals surface area contributed by atoms with Crippen LogP contribution in [0.2, 0.25) is 0 Å². The van der Waals surface area contributed by atoms with E-state index in [2.05, 4.69) is 15.6 Å². The molecule has 39 heavy (non-hydrogen) atoms. The number of carbonyl (C=O) groups is 4. The van der Waals surface area contributed by atoms with Crippen LogP contribution in [-0.2, 0) is 25.6 Å². The van der Waals surface area contributed by atoms with Gasteiger partial charge < -0.3 is 26.5 Å². The van der Waals surface area contributed by atoms with Crippen LogP contribution >= 0.6 is 0 Å². The number of aromatic nitrogens is 2. The number of aliphatic carboxylic acids is 1. The van der Waals surface area contributed by atoms with E-state index in [4.69, 9.17) is 5.73 Å². The number of carboxylic acids is 1. The molecule has 0 spiro atoms. The number of primary amides is 1. The van der Waals surface area contributed by atoms with E-state index in [1.807, 2.05) is 0 Å². The zero-order valence-corrected chi connectivity index (χ0v) is 21.5. The molecule has 6 N–H and O–H groups in total. The second kappa shape index (κ2) is 12.7. The van der Waals surface area contributed by atoms with E-state index in [1.165, 1.54) is 6.07 Å². The predicted molar refractivity (Wildman–Crippen MR) is 143 cm³/mol. The van der Waals surface area contributed by atoms with E-state index in [1.54, 1.807) is 62.4 Å². The van der Waals surface area contributed by atoms with Gasteiger partial charge in [0.05, 0.1) is 10.9 Å². The molecule has 0 radical (unpaired) electrons. The Kier molecular flexibility index (Phi) is 9.37. The van der Waals surface area contributed by atoms with Gasteiger partial charge in [-0.3, -0.25) is 19.2 Å². The molecular formula is C27H31N5O7. The van der Waals surface area contributed by atoms with E-state index in [9.17, 15) is 33.9 Å². The third-order valence-electron chi connectivity index (χ3n) is 6.26. The number of hydrogen-bond acceptors (Lipinski definition) is 6. The quantitative estimate of drug-likeness (QED) is 0.221. The second-order valence-corrected chi connectivity index (χ2v) is 9.49. The van der Waals surface area contributed by atoms with Crippen molar-refractivity contribution in [1.29, 1.82) is 0 Å². The number of hydrogen-bond donors (Lipinski definition) is 5. The van der Waals surface area contributed by atoms with Gasteiger partial charge in [0.2, 0.25) is 17.7 Å². The summed E-state index contributed by atoms with van der Waals surface area (Å²) in [6.45, 7) is 3.29. The lowest BCUT2D eigenvalue weighted by Crippen LogP contribution is -2.56. The number of H-pyrrole nitrogens is 1. The summed E-state index contributed by atoms with van der Waals surface area (Å²) >= 11 is 0. The Morgan fingerprint density at radius 2 is 1.59 bits per heavy atom. The third-order valence-corrected chi connectivity index (χ3v) is 6.26. The topological polar surface area (TPSA) is 193 Å². The molecule has 3 aromatic rings. The number of nitrogens with one attached hydrogen (secondary N) is 3. The van der Waals surface area contributed by atoms with Gasteiger partial charge in [-0.15, -0.1) is 0 Å². The Balaban J connectivity index is 1.97. The molecule has 0 aliphatic carbocycles. The van der Waals surface area contributed by atoms with Gasteiger partial charge in [-0.2, -0.15) is 0 Å². The van der Waals surface area contributed by atoms with Crippen molar-refractivity contribution >= 4 is 34.6 Å². The fraction of sp³-hybridized carbons (Fsp3) is 0.333. The average molecular weight is 538 g/mol. The van der Waals surface area contributed by atoms with Crippen molar-refractivity contribution in [1.82, 2.24) is 20.2 Å². The van der Waals surface area contributed by atoms with E-state index in [0.29, 0.717) is 11.1 Å². The van der Waals surface area contributed by atoms with Crippen molar-refractivity contribution in [3.8, 4) is 0 Å². The molecule has 0 aliphatic heterocycles. The van der Waals surface area contributed by atoms with Gasteiger partial charge in [0.25, 0.3) is 5.56 Å². The fourth-order valence-electron chi connectivity index (χ4n) is 4.19. The van der Waals surface area contributed by atoms with Crippen LogP contribution in [0.25, 0.3) is 10.9 Å². The number of aromatic amines is 1. The lowest BCUT2D eigenvalue weighted by Gasteiger charge is -2.27. The van der Waals surface area contributed by atoms with Gasteiger partial charge in [0.15, 0.2) is 0 Å². The average Bonchev–Trinajstić information content (AvgIpc) is 2.88. The number of benzene rings is 2. The van der Waals surface area contributed by atoms with Gasteiger partial charge in [0, 0.05) is 12.8 Å². The van der Waals surface area contributed by atoms with Crippen molar-refractivity contribution in [3.05, 3.63) is 81.0 Å². The lowest BCUT2D eigenvalue weighted by atomic mass is 10.00. The first-order chi connectivity index (χ1) is 18.5. The molecule has 0 saturated carbocycles. The summed E-state index contributed by atoms with van der Waals surface area (Å²) in [5.41, 5.74) is 4.62. The van der Waals surface area contributed by atoms with E-state index >= 15 is 0 Å². The third kappa shape index (κ3) is 7.18. The molecule has 3 amide bonds. The molecule has 1 aromatic heterocycles. The maximum Gasteiger partial charge on any atom is 0.329 e. The second-order valence-electron chi connectivity index (χ2n) is 9.49. The highest BCUT2D eigenvalue weighted by Gasteiger charge is 2.33. The van der Waals surface area contributed by atoms with Crippen molar-refractivity contribution < 1.29 is 24.3 Å². The number of fused-ring (bicyclic) bond motifs is 1. The van der Waals surface area contributed by atoms with Crippen LogP contribution in [0, 0.1) is 5.92 Å². The highest BCUT2D eigenvalue weighted by molar-refractivity contribution is 5.92. The molecule has 0 fully saturated rings. The first-order valence-corrected chi connectivity index (χ1v) is 12.4. The van der Waals surface area contributed by atoms with Crippen LogP contribution in [0.4, 0.5) is 0 Å². The first-order valence-electron chi connectivity index (χ1n) is 12.4. The van der Waals surface area contributed by atoms with Crippen LogP contribution in [0.3, 0.4) is 0 Å². The summed E-state index contributed by atoms with van der Waals surface area (Å²) < 4.78 is 0.826. The van der Waals surface area contributed by atoms with Gasteiger partial charge in [-0.1, -0.05) is 56.3 Å². The normalized spacial score (nSPS) is 13.4. The molecular weight excluding hydrogens is 506 g/mol. The largest absolute Gasteiger partial charge is 0.480 e. The van der Waals surface area contributed by atoms with Crippen LogP contribution in [-0.4, -0.2) is 50.4 Å². The molecule has 3 rings (SSSR count). The smallest absolute Gasteiger partial charge is 0.329 e. The Hall–Kier alpha value is -4.74. The molecule has 206 valence electrons. The summed E-state index contributed by atoms with van der Waals surface area (Å²) in [7, 11) is 0. The summed E-state index contributed by atoms with van der Waals surface area (Å²) in [5.74, 6) is -4.16. The molecule has 0 bridgehead atoms. The van der Waals surface area contributed by atoms with Crippen LogP contribution in [0.5, 0.6) is 0 Å². The Bertz CT molecular complexity index is 1480. The Labute approximate surface area is 223 Å².